The van der Waals surface area contributed by atoms with Gasteiger partial charge in [0, 0.05) is 18.8 Å². The number of carbonyl (C=O) groups is 1. The lowest BCUT2D eigenvalue weighted by molar-refractivity contribution is 0.0963. The van der Waals surface area contributed by atoms with Gasteiger partial charge in [0.2, 0.25) is 0 Å². The van der Waals surface area contributed by atoms with E-state index in [-0.39, 0.29) is 27.8 Å². The van der Waals surface area contributed by atoms with Crippen LogP contribution in [0.5, 0.6) is 0 Å². The van der Waals surface area contributed by atoms with E-state index in [4.69, 9.17) is 1.37 Å². The van der Waals surface area contributed by atoms with E-state index >= 15 is 0 Å². The van der Waals surface area contributed by atoms with Crippen LogP contribution >= 0.6 is 0 Å². The van der Waals surface area contributed by atoms with Crippen LogP contribution in [0.1, 0.15) is 11.7 Å². The molecule has 0 aliphatic heterocycles. The molecule has 0 saturated heterocycles. The predicted octanol–water partition coefficient (Wildman–Crippen LogP) is 2.89. The zero-order valence-corrected chi connectivity index (χ0v) is 14.0. The minimum atomic E-state index is -4.13. The van der Waals surface area contributed by atoms with Gasteiger partial charge in [0.1, 0.15) is 5.82 Å². The average Bonchev–Trinajstić information content (AvgIpc) is 3.07. The van der Waals surface area contributed by atoms with Crippen LogP contribution in [0.2, 0.25) is 0 Å². The Hall–Kier alpha value is -2.93. The molecule has 1 aromatic heterocycles. The third-order valence-electron chi connectivity index (χ3n) is 3.66. The first-order chi connectivity index (χ1) is 12.3. The van der Waals surface area contributed by atoms with Crippen molar-refractivity contribution in [2.75, 3.05) is 7.05 Å². The van der Waals surface area contributed by atoms with Crippen molar-refractivity contribution in [3.8, 4) is 11.3 Å². The molecule has 1 N–H and O–H groups in total. The van der Waals surface area contributed by atoms with Crippen LogP contribution in [-0.2, 0) is 10.0 Å². The molecule has 0 spiro atoms. The summed E-state index contributed by atoms with van der Waals surface area (Å²) in [6, 6.07) is 12.5. The summed E-state index contributed by atoms with van der Waals surface area (Å²) < 4.78 is 48.8. The molecular formula is C18H15FN2O3S. The van der Waals surface area contributed by atoms with Gasteiger partial charge in [0.05, 0.1) is 17.5 Å². The normalized spacial score (nSPS) is 11.8. The molecule has 0 aliphatic carbocycles. The van der Waals surface area contributed by atoms with Crippen molar-refractivity contribution in [2.45, 2.75) is 4.90 Å². The zero-order valence-electron chi connectivity index (χ0n) is 14.2. The molecule has 0 bridgehead atoms. The summed E-state index contributed by atoms with van der Waals surface area (Å²) in [6.45, 7) is 0. The Balaban J connectivity index is 2.28. The largest absolute Gasteiger partial charge is 0.355 e. The molecule has 128 valence electrons. The smallest absolute Gasteiger partial charge is 0.268 e. The van der Waals surface area contributed by atoms with Crippen LogP contribution in [-0.4, -0.2) is 25.3 Å². The van der Waals surface area contributed by atoms with Gasteiger partial charge >= 0.3 is 0 Å². The number of nitrogens with one attached hydrogen (secondary N) is 1. The van der Waals surface area contributed by atoms with E-state index in [0.29, 0.717) is 0 Å². The minimum absolute atomic E-state index is 0.0251. The van der Waals surface area contributed by atoms with Gasteiger partial charge in [0.15, 0.2) is 0 Å². The van der Waals surface area contributed by atoms with Crippen molar-refractivity contribution in [2.24, 2.45) is 0 Å². The summed E-state index contributed by atoms with van der Waals surface area (Å²) in [7, 11) is -2.71. The summed E-state index contributed by atoms with van der Waals surface area (Å²) in [5.41, 5.74) is 0.154. The number of hydrogen-bond donors (Lipinski definition) is 1. The number of aromatic nitrogens is 1. The number of benzene rings is 2. The highest BCUT2D eigenvalue weighted by Gasteiger charge is 2.24. The van der Waals surface area contributed by atoms with Gasteiger partial charge in [-0.15, -0.1) is 0 Å². The number of carbonyl (C=O) groups excluding carboxylic acids is 1. The highest BCUT2D eigenvalue weighted by Crippen LogP contribution is 2.29. The number of rotatable bonds is 4. The van der Waals surface area contributed by atoms with Gasteiger partial charge in [-0.1, -0.05) is 30.3 Å². The molecule has 5 nitrogen and oxygen atoms in total. The molecule has 0 unspecified atom stereocenters. The van der Waals surface area contributed by atoms with Crippen molar-refractivity contribution in [1.29, 1.82) is 0 Å². The second kappa shape index (κ2) is 6.52. The molecule has 0 fully saturated rings. The Morgan fingerprint density at radius 1 is 1.16 bits per heavy atom. The van der Waals surface area contributed by atoms with Crippen molar-refractivity contribution in [3.63, 3.8) is 0 Å². The molecule has 3 aromatic rings. The van der Waals surface area contributed by atoms with Crippen molar-refractivity contribution in [3.05, 3.63) is 78.2 Å². The lowest BCUT2D eigenvalue weighted by Crippen LogP contribution is -2.17. The van der Waals surface area contributed by atoms with Gasteiger partial charge in [-0.3, -0.25) is 4.79 Å². The number of halogens is 1. The Morgan fingerprint density at radius 2 is 1.88 bits per heavy atom. The SMILES string of the molecule is [2H]c1cccc(S(=O)(=O)n2cc(C(=O)NC)cc2-c2ccccc2F)c1. The van der Waals surface area contributed by atoms with Crippen molar-refractivity contribution in [1.82, 2.24) is 9.29 Å². The topological polar surface area (TPSA) is 68.2 Å². The van der Waals surface area contributed by atoms with E-state index in [1.807, 2.05) is 0 Å². The fourth-order valence-corrected chi connectivity index (χ4v) is 3.78. The molecule has 7 heteroatoms. The molecule has 1 amide bonds. The Bertz CT molecular complexity index is 1090. The third-order valence-corrected chi connectivity index (χ3v) is 5.33. The second-order valence-electron chi connectivity index (χ2n) is 5.21. The molecule has 25 heavy (non-hydrogen) atoms. The first-order valence-electron chi connectivity index (χ1n) is 7.86. The van der Waals surface area contributed by atoms with E-state index in [1.165, 1.54) is 55.6 Å². The summed E-state index contributed by atoms with van der Waals surface area (Å²) in [6.07, 6.45) is 1.15. The van der Waals surface area contributed by atoms with Crippen molar-refractivity contribution < 1.29 is 19.0 Å². The number of nitrogens with zero attached hydrogens (tertiary/aromatic N) is 1. The van der Waals surface area contributed by atoms with Crippen LogP contribution in [0.15, 0.2) is 71.7 Å². The highest BCUT2D eigenvalue weighted by atomic mass is 32.2. The standard InChI is InChI=1S/C18H15FN2O3S/c1-20-18(22)13-11-17(15-9-5-6-10-16(15)19)21(12-13)25(23,24)14-7-3-2-4-8-14/h2-12H,1H3,(H,20,22)/i3D. The van der Waals surface area contributed by atoms with Crippen LogP contribution < -0.4 is 5.32 Å². The van der Waals surface area contributed by atoms with E-state index < -0.39 is 21.7 Å². The molecule has 1 heterocycles. The van der Waals surface area contributed by atoms with Gasteiger partial charge < -0.3 is 5.32 Å². The number of hydrogen-bond acceptors (Lipinski definition) is 3. The summed E-state index contributed by atoms with van der Waals surface area (Å²) in [5.74, 6) is -1.11. The van der Waals surface area contributed by atoms with E-state index in [0.717, 1.165) is 10.2 Å². The Kier molecular flexibility index (Phi) is 4.07. The molecule has 2 aromatic carbocycles. The minimum Gasteiger partial charge on any atom is -0.355 e. The Morgan fingerprint density at radius 3 is 2.56 bits per heavy atom. The maximum Gasteiger partial charge on any atom is 0.268 e. The van der Waals surface area contributed by atoms with Gasteiger partial charge in [-0.2, -0.15) is 0 Å². The number of amides is 1. The fraction of sp³-hybridized carbons (Fsp3) is 0.0556. The average molecular weight is 359 g/mol. The van der Waals surface area contributed by atoms with E-state index in [2.05, 4.69) is 5.32 Å². The molecule has 0 aliphatic rings. The van der Waals surface area contributed by atoms with E-state index in [1.54, 1.807) is 6.07 Å². The van der Waals surface area contributed by atoms with Gasteiger partial charge in [-0.05, 0) is 30.3 Å². The lowest BCUT2D eigenvalue weighted by Gasteiger charge is -2.11. The molecular weight excluding hydrogens is 343 g/mol. The third kappa shape index (κ3) is 3.06. The molecule has 0 radical (unpaired) electrons. The van der Waals surface area contributed by atoms with Gasteiger partial charge in [-0.25, -0.2) is 16.8 Å². The van der Waals surface area contributed by atoms with Crippen LogP contribution in [0, 0.1) is 5.82 Å². The zero-order chi connectivity index (χ0) is 18.9. The summed E-state index contributed by atoms with van der Waals surface area (Å²) in [4.78, 5) is 11.8. The quantitative estimate of drug-likeness (QED) is 0.779. The first-order valence-corrected chi connectivity index (χ1v) is 8.80. The maximum absolute atomic E-state index is 14.3. The lowest BCUT2D eigenvalue weighted by atomic mass is 10.1. The summed E-state index contributed by atoms with van der Waals surface area (Å²) in [5, 5.41) is 2.42. The van der Waals surface area contributed by atoms with E-state index in [9.17, 15) is 17.6 Å². The summed E-state index contributed by atoms with van der Waals surface area (Å²) >= 11 is 0. The first kappa shape index (κ1) is 15.6. The second-order valence-corrected chi connectivity index (χ2v) is 7.03. The van der Waals surface area contributed by atoms with Crippen molar-refractivity contribution >= 4 is 15.9 Å². The fourth-order valence-electron chi connectivity index (χ4n) is 2.43. The maximum atomic E-state index is 14.3. The van der Waals surface area contributed by atoms with Crippen LogP contribution in [0.3, 0.4) is 0 Å². The van der Waals surface area contributed by atoms with Crippen LogP contribution in [0.25, 0.3) is 11.3 Å². The monoisotopic (exact) mass is 359 g/mol. The highest BCUT2D eigenvalue weighted by molar-refractivity contribution is 7.90. The Labute approximate surface area is 146 Å². The van der Waals surface area contributed by atoms with Gasteiger partial charge in [0.25, 0.3) is 15.9 Å². The molecule has 3 rings (SSSR count). The molecule has 0 atom stereocenters. The predicted molar refractivity (Wildman–Crippen MR) is 92.2 cm³/mol. The van der Waals surface area contributed by atoms with Crippen LogP contribution in [0.4, 0.5) is 4.39 Å². The molecule has 0 saturated carbocycles.